The summed E-state index contributed by atoms with van der Waals surface area (Å²) in [5.74, 6) is -0.249. The Hall–Kier alpha value is -2.24. The number of hydrogen-bond donors (Lipinski definition) is 1. The van der Waals surface area contributed by atoms with E-state index < -0.39 is 0 Å². The first-order chi connectivity index (χ1) is 12.5. The quantitative estimate of drug-likeness (QED) is 0.616. The van der Waals surface area contributed by atoms with E-state index in [1.165, 1.54) is 5.56 Å². The highest BCUT2D eigenvalue weighted by atomic mass is 35.5. The maximum Gasteiger partial charge on any atom is 0.260 e. The van der Waals surface area contributed by atoms with E-state index >= 15 is 0 Å². The van der Waals surface area contributed by atoms with Crippen LogP contribution >= 0.6 is 23.4 Å². The summed E-state index contributed by atoms with van der Waals surface area (Å²) in [5, 5.41) is 7.70. The second-order valence-corrected chi connectivity index (χ2v) is 7.32. The van der Waals surface area contributed by atoms with Crippen LogP contribution in [0.3, 0.4) is 0 Å². The van der Waals surface area contributed by atoms with Gasteiger partial charge in [0.05, 0.1) is 17.8 Å². The summed E-state index contributed by atoms with van der Waals surface area (Å²) in [5.41, 5.74) is 4.04. The molecule has 0 saturated carbocycles. The van der Waals surface area contributed by atoms with Gasteiger partial charge < -0.3 is 5.32 Å². The van der Waals surface area contributed by atoms with E-state index in [0.29, 0.717) is 23.0 Å². The van der Waals surface area contributed by atoms with Crippen LogP contribution in [0.4, 0.5) is 5.69 Å². The summed E-state index contributed by atoms with van der Waals surface area (Å²) < 4.78 is 1.66. The molecule has 3 aromatic rings. The van der Waals surface area contributed by atoms with Crippen LogP contribution in [0.25, 0.3) is 0 Å². The number of nitrogens with one attached hydrogen (secondary N) is 1. The molecule has 0 aliphatic heterocycles. The van der Waals surface area contributed by atoms with Gasteiger partial charge in [-0.2, -0.15) is 5.10 Å². The lowest BCUT2D eigenvalue weighted by Gasteiger charge is -2.07. The fraction of sp³-hybridized carbons (Fsp3) is 0.200. The van der Waals surface area contributed by atoms with Crippen LogP contribution in [-0.2, 0) is 6.54 Å². The summed E-state index contributed by atoms with van der Waals surface area (Å²) in [6, 6.07) is 15.9. The smallest absolute Gasteiger partial charge is 0.260 e. The lowest BCUT2D eigenvalue weighted by molar-refractivity contribution is 0.102. The number of thioether (sulfide) groups is 1. The zero-order valence-corrected chi connectivity index (χ0v) is 16.5. The Morgan fingerprint density at radius 3 is 2.62 bits per heavy atom. The third-order valence-electron chi connectivity index (χ3n) is 4.07. The number of nitrogens with zero attached hydrogens (tertiary/aromatic N) is 2. The molecule has 0 aliphatic carbocycles. The Balaban J connectivity index is 1.82. The molecule has 0 bridgehead atoms. The summed E-state index contributed by atoms with van der Waals surface area (Å²) in [6.45, 7) is 4.36. The molecule has 26 heavy (non-hydrogen) atoms. The molecule has 0 unspecified atom stereocenters. The Labute approximate surface area is 162 Å². The van der Waals surface area contributed by atoms with Gasteiger partial charge >= 0.3 is 0 Å². The third-order valence-corrected chi connectivity index (χ3v) is 5.18. The van der Waals surface area contributed by atoms with Crippen molar-refractivity contribution >= 4 is 35.0 Å². The van der Waals surface area contributed by atoms with Gasteiger partial charge in [-0.1, -0.05) is 47.5 Å². The van der Waals surface area contributed by atoms with E-state index in [1.54, 1.807) is 23.4 Å². The van der Waals surface area contributed by atoms with Crippen molar-refractivity contribution in [1.29, 1.82) is 0 Å². The summed E-state index contributed by atoms with van der Waals surface area (Å²) in [6.07, 6.45) is 2.00. The molecule has 1 N–H and O–H groups in total. The van der Waals surface area contributed by atoms with Gasteiger partial charge in [-0.25, -0.2) is 4.68 Å². The van der Waals surface area contributed by atoms with Gasteiger partial charge in [-0.05, 0) is 43.9 Å². The molecule has 1 aromatic heterocycles. The molecule has 1 amide bonds. The molecule has 0 atom stereocenters. The molecular formula is C20H20ClN3OS. The molecule has 0 radical (unpaired) electrons. The van der Waals surface area contributed by atoms with Gasteiger partial charge in [-0.15, -0.1) is 11.8 Å². The number of aryl methyl sites for hydroxylation is 2. The Morgan fingerprint density at radius 1 is 1.19 bits per heavy atom. The van der Waals surface area contributed by atoms with Gasteiger partial charge in [0.25, 0.3) is 5.91 Å². The normalized spacial score (nSPS) is 10.8. The van der Waals surface area contributed by atoms with Crippen molar-refractivity contribution in [3.63, 3.8) is 0 Å². The van der Waals surface area contributed by atoms with Crippen molar-refractivity contribution in [3.8, 4) is 0 Å². The summed E-state index contributed by atoms with van der Waals surface area (Å²) in [4.78, 5) is 13.8. The first kappa shape index (κ1) is 18.5. The van der Waals surface area contributed by atoms with Crippen molar-refractivity contribution in [1.82, 2.24) is 9.78 Å². The maximum atomic E-state index is 12.7. The minimum Gasteiger partial charge on any atom is -0.322 e. The number of carbonyl (C=O) groups is 1. The van der Waals surface area contributed by atoms with E-state index in [0.717, 1.165) is 16.1 Å². The van der Waals surface area contributed by atoms with Crippen LogP contribution in [0, 0.1) is 13.8 Å². The maximum absolute atomic E-state index is 12.7. The largest absolute Gasteiger partial charge is 0.322 e. The van der Waals surface area contributed by atoms with Crippen LogP contribution in [0.5, 0.6) is 0 Å². The molecule has 0 aliphatic rings. The minimum atomic E-state index is -0.249. The molecule has 0 saturated heterocycles. The molecule has 1 heterocycles. The molecule has 0 spiro atoms. The molecular weight excluding hydrogens is 366 g/mol. The fourth-order valence-corrected chi connectivity index (χ4v) is 3.46. The van der Waals surface area contributed by atoms with Gasteiger partial charge in [0.2, 0.25) is 0 Å². The highest BCUT2D eigenvalue weighted by molar-refractivity contribution is 7.98. The minimum absolute atomic E-state index is 0.249. The van der Waals surface area contributed by atoms with E-state index in [2.05, 4.69) is 10.4 Å². The zero-order valence-electron chi connectivity index (χ0n) is 14.9. The number of carbonyl (C=O) groups excluding carboxylic acids is 1. The third kappa shape index (κ3) is 4.11. The number of rotatable bonds is 5. The van der Waals surface area contributed by atoms with Gasteiger partial charge in [0.1, 0.15) is 5.15 Å². The predicted molar refractivity (Wildman–Crippen MR) is 108 cm³/mol. The predicted octanol–water partition coefficient (Wildman–Crippen LogP) is 5.18. The first-order valence-electron chi connectivity index (χ1n) is 8.22. The molecule has 3 rings (SSSR count). The van der Waals surface area contributed by atoms with E-state index in [9.17, 15) is 4.79 Å². The molecule has 0 fully saturated rings. The molecule has 6 heteroatoms. The van der Waals surface area contributed by atoms with Crippen molar-refractivity contribution in [2.24, 2.45) is 0 Å². The van der Waals surface area contributed by atoms with Gasteiger partial charge in [0.15, 0.2) is 0 Å². The number of amides is 1. The fourth-order valence-electron chi connectivity index (χ4n) is 2.68. The van der Waals surface area contributed by atoms with E-state index in [1.807, 2.05) is 61.7 Å². The van der Waals surface area contributed by atoms with Crippen molar-refractivity contribution < 1.29 is 4.79 Å². The average molecular weight is 386 g/mol. The van der Waals surface area contributed by atoms with Crippen LogP contribution in [-0.4, -0.2) is 21.9 Å². The number of halogens is 1. The standard InChI is InChI=1S/C20H20ClN3OS/c1-13-7-9-15(10-8-13)12-24-19(21)18(14(2)23-24)20(25)22-16-5-4-6-17(11-16)26-3/h4-11H,12H2,1-3H3,(H,22,25). The number of hydrogen-bond acceptors (Lipinski definition) is 3. The second-order valence-electron chi connectivity index (χ2n) is 6.08. The van der Waals surface area contributed by atoms with Crippen LogP contribution in [0.1, 0.15) is 27.2 Å². The van der Waals surface area contributed by atoms with Crippen molar-refractivity contribution in [2.45, 2.75) is 25.3 Å². The highest BCUT2D eigenvalue weighted by Crippen LogP contribution is 2.24. The Morgan fingerprint density at radius 2 is 1.92 bits per heavy atom. The van der Waals surface area contributed by atoms with E-state index in [4.69, 9.17) is 11.6 Å². The summed E-state index contributed by atoms with van der Waals surface area (Å²) in [7, 11) is 0. The molecule has 4 nitrogen and oxygen atoms in total. The highest BCUT2D eigenvalue weighted by Gasteiger charge is 2.20. The van der Waals surface area contributed by atoms with Crippen LogP contribution in [0.15, 0.2) is 53.4 Å². The molecule has 134 valence electrons. The number of aromatic nitrogens is 2. The lowest BCUT2D eigenvalue weighted by atomic mass is 10.1. The average Bonchev–Trinajstić information content (AvgIpc) is 2.90. The lowest BCUT2D eigenvalue weighted by Crippen LogP contribution is -2.13. The zero-order chi connectivity index (χ0) is 18.7. The van der Waals surface area contributed by atoms with Crippen molar-refractivity contribution in [3.05, 3.63) is 76.1 Å². The molecule has 2 aromatic carbocycles. The number of benzene rings is 2. The second kappa shape index (κ2) is 7.98. The van der Waals surface area contributed by atoms with Crippen LogP contribution < -0.4 is 5.32 Å². The summed E-state index contributed by atoms with van der Waals surface area (Å²) >= 11 is 8.09. The van der Waals surface area contributed by atoms with Gasteiger partial charge in [-0.3, -0.25) is 4.79 Å². The van der Waals surface area contributed by atoms with Crippen LogP contribution in [0.2, 0.25) is 5.15 Å². The van der Waals surface area contributed by atoms with Gasteiger partial charge in [0, 0.05) is 10.6 Å². The Kier molecular flexibility index (Phi) is 5.69. The Bertz CT molecular complexity index is 935. The topological polar surface area (TPSA) is 46.9 Å². The number of anilines is 1. The van der Waals surface area contributed by atoms with Crippen molar-refractivity contribution in [2.75, 3.05) is 11.6 Å². The monoisotopic (exact) mass is 385 g/mol. The first-order valence-corrected chi connectivity index (χ1v) is 9.82. The van der Waals surface area contributed by atoms with E-state index in [-0.39, 0.29) is 5.91 Å². The SMILES string of the molecule is CSc1cccc(NC(=O)c2c(C)nn(Cc3ccc(C)cc3)c2Cl)c1.